The highest BCUT2D eigenvalue weighted by molar-refractivity contribution is 6.32. The number of hydrogen-bond donors (Lipinski definition) is 1. The van der Waals surface area contributed by atoms with Crippen molar-refractivity contribution in [2.45, 2.75) is 13.3 Å². The highest BCUT2D eigenvalue weighted by Gasteiger charge is 2.30. The molecule has 1 unspecified atom stereocenters. The standard InChI is InChI=1S/C15H16ClNO3.ClH/c1-10(12-4-2-3-5-13(12)16)8-14(18)17-7-6-11(9-17)15(19)20;/h2-5,8,11H,6-7,9H2,1H3,(H,19,20);1H/b10-8-;. The van der Waals surface area contributed by atoms with Crippen LogP contribution < -0.4 is 0 Å². The fraction of sp³-hybridized carbons (Fsp3) is 0.333. The molecule has 1 heterocycles. The number of carbonyl (C=O) groups is 2. The number of carboxylic acids is 1. The molecule has 2 rings (SSSR count). The SMILES string of the molecule is C/C(=C/C(=O)N1CCC(C(=O)O)C1)c1ccccc1Cl.Cl. The first-order chi connectivity index (χ1) is 9.49. The second kappa shape index (κ2) is 7.48. The summed E-state index contributed by atoms with van der Waals surface area (Å²) in [5.74, 6) is -1.45. The van der Waals surface area contributed by atoms with Crippen molar-refractivity contribution in [1.29, 1.82) is 0 Å². The molecule has 0 spiro atoms. The first-order valence-electron chi connectivity index (χ1n) is 6.44. The van der Waals surface area contributed by atoms with Gasteiger partial charge in [0, 0.05) is 24.2 Å². The third-order valence-corrected chi connectivity index (χ3v) is 3.82. The van der Waals surface area contributed by atoms with Crippen molar-refractivity contribution < 1.29 is 14.7 Å². The van der Waals surface area contributed by atoms with Crippen LogP contribution in [0.5, 0.6) is 0 Å². The number of halogens is 2. The minimum atomic E-state index is -0.841. The van der Waals surface area contributed by atoms with Crippen molar-refractivity contribution in [3.05, 3.63) is 40.9 Å². The van der Waals surface area contributed by atoms with Crippen LogP contribution in [-0.4, -0.2) is 35.0 Å². The molecule has 0 aromatic heterocycles. The average Bonchev–Trinajstić information content (AvgIpc) is 2.88. The zero-order chi connectivity index (χ0) is 14.7. The normalized spacial score (nSPS) is 18.3. The second-order valence-electron chi connectivity index (χ2n) is 4.92. The molecule has 0 bridgehead atoms. The number of hydrogen-bond acceptors (Lipinski definition) is 2. The summed E-state index contributed by atoms with van der Waals surface area (Å²) in [5, 5.41) is 9.53. The molecular formula is C15H17Cl2NO3. The molecule has 1 amide bonds. The number of carboxylic acid groups (broad SMARTS) is 1. The van der Waals surface area contributed by atoms with E-state index in [1.807, 2.05) is 25.1 Å². The quantitative estimate of drug-likeness (QED) is 0.867. The lowest BCUT2D eigenvalue weighted by Crippen LogP contribution is -2.28. The number of rotatable bonds is 3. The maximum atomic E-state index is 12.1. The van der Waals surface area contributed by atoms with Crippen LogP contribution in [0, 0.1) is 5.92 Å². The van der Waals surface area contributed by atoms with Gasteiger partial charge in [0.15, 0.2) is 0 Å². The van der Waals surface area contributed by atoms with Crippen molar-refractivity contribution in [2.75, 3.05) is 13.1 Å². The van der Waals surface area contributed by atoms with Gasteiger partial charge in [0.05, 0.1) is 5.92 Å². The first-order valence-corrected chi connectivity index (χ1v) is 6.81. The molecule has 1 atom stereocenters. The van der Waals surface area contributed by atoms with Crippen molar-refractivity contribution >= 4 is 41.5 Å². The maximum Gasteiger partial charge on any atom is 0.308 e. The van der Waals surface area contributed by atoms with E-state index in [9.17, 15) is 9.59 Å². The van der Waals surface area contributed by atoms with Crippen LogP contribution in [-0.2, 0) is 9.59 Å². The van der Waals surface area contributed by atoms with Crippen LogP contribution in [0.3, 0.4) is 0 Å². The Bertz CT molecular complexity index is 572. The average molecular weight is 330 g/mol. The molecule has 21 heavy (non-hydrogen) atoms. The Hall–Kier alpha value is -1.52. The molecule has 1 saturated heterocycles. The molecule has 1 fully saturated rings. The molecule has 4 nitrogen and oxygen atoms in total. The second-order valence-corrected chi connectivity index (χ2v) is 5.32. The molecular weight excluding hydrogens is 313 g/mol. The Kier molecular flexibility index (Phi) is 6.24. The van der Waals surface area contributed by atoms with Gasteiger partial charge in [0.1, 0.15) is 0 Å². The van der Waals surface area contributed by atoms with Gasteiger partial charge in [-0.2, -0.15) is 0 Å². The van der Waals surface area contributed by atoms with Gasteiger partial charge in [-0.3, -0.25) is 9.59 Å². The van der Waals surface area contributed by atoms with Crippen LogP contribution in [0.25, 0.3) is 5.57 Å². The molecule has 1 N–H and O–H groups in total. The summed E-state index contributed by atoms with van der Waals surface area (Å²) in [6, 6.07) is 7.32. The summed E-state index contributed by atoms with van der Waals surface area (Å²) in [4.78, 5) is 24.6. The van der Waals surface area contributed by atoms with Gasteiger partial charge in [0.2, 0.25) is 5.91 Å². The number of benzene rings is 1. The topological polar surface area (TPSA) is 57.6 Å². The van der Waals surface area contributed by atoms with E-state index in [-0.39, 0.29) is 24.9 Å². The molecule has 1 aliphatic heterocycles. The summed E-state index contributed by atoms with van der Waals surface area (Å²) >= 11 is 6.08. The minimum Gasteiger partial charge on any atom is -0.481 e. The Balaban J connectivity index is 0.00000220. The molecule has 0 aliphatic carbocycles. The van der Waals surface area contributed by atoms with Crippen molar-refractivity contribution in [2.24, 2.45) is 5.92 Å². The highest BCUT2D eigenvalue weighted by Crippen LogP contribution is 2.24. The number of carbonyl (C=O) groups excluding carboxylic acids is 1. The number of nitrogens with zero attached hydrogens (tertiary/aromatic N) is 1. The van der Waals surface area contributed by atoms with Crippen LogP contribution in [0.1, 0.15) is 18.9 Å². The fourth-order valence-corrected chi connectivity index (χ4v) is 2.58. The molecule has 114 valence electrons. The largest absolute Gasteiger partial charge is 0.481 e. The highest BCUT2D eigenvalue weighted by atomic mass is 35.5. The van der Waals surface area contributed by atoms with E-state index in [1.54, 1.807) is 11.0 Å². The van der Waals surface area contributed by atoms with E-state index in [4.69, 9.17) is 16.7 Å². The lowest BCUT2D eigenvalue weighted by atomic mass is 10.1. The van der Waals surface area contributed by atoms with Gasteiger partial charge in [-0.05, 0) is 30.5 Å². The zero-order valence-corrected chi connectivity index (χ0v) is 13.2. The maximum absolute atomic E-state index is 12.1. The predicted octanol–water partition coefficient (Wildman–Crippen LogP) is 3.10. The Morgan fingerprint density at radius 1 is 1.38 bits per heavy atom. The van der Waals surface area contributed by atoms with E-state index >= 15 is 0 Å². The predicted molar refractivity (Wildman–Crippen MR) is 84.7 cm³/mol. The Morgan fingerprint density at radius 2 is 2.05 bits per heavy atom. The van der Waals surface area contributed by atoms with Crippen LogP contribution in [0.4, 0.5) is 0 Å². The number of allylic oxidation sites excluding steroid dienone is 1. The molecule has 1 aromatic carbocycles. The first kappa shape index (κ1) is 17.5. The minimum absolute atomic E-state index is 0. The summed E-state index contributed by atoms with van der Waals surface area (Å²) < 4.78 is 0. The fourth-order valence-electron chi connectivity index (χ4n) is 2.30. The third-order valence-electron chi connectivity index (χ3n) is 3.49. The summed E-state index contributed by atoms with van der Waals surface area (Å²) in [5.41, 5.74) is 1.59. The summed E-state index contributed by atoms with van der Waals surface area (Å²) in [6.07, 6.45) is 2.03. The number of amides is 1. The van der Waals surface area contributed by atoms with Gasteiger partial charge < -0.3 is 10.0 Å². The summed E-state index contributed by atoms with van der Waals surface area (Å²) in [7, 11) is 0. The van der Waals surface area contributed by atoms with Crippen LogP contribution >= 0.6 is 24.0 Å². The molecule has 0 radical (unpaired) electrons. The molecule has 6 heteroatoms. The van der Waals surface area contributed by atoms with E-state index in [1.165, 1.54) is 6.08 Å². The lowest BCUT2D eigenvalue weighted by Gasteiger charge is -2.14. The van der Waals surface area contributed by atoms with Gasteiger partial charge in [-0.25, -0.2) is 0 Å². The molecule has 1 aromatic rings. The van der Waals surface area contributed by atoms with Gasteiger partial charge in [0.25, 0.3) is 0 Å². The van der Waals surface area contributed by atoms with E-state index in [2.05, 4.69) is 0 Å². The van der Waals surface area contributed by atoms with E-state index in [0.717, 1.165) is 11.1 Å². The van der Waals surface area contributed by atoms with E-state index < -0.39 is 11.9 Å². The van der Waals surface area contributed by atoms with Crippen molar-refractivity contribution in [1.82, 2.24) is 4.90 Å². The Labute approximate surface area is 134 Å². The summed E-state index contributed by atoms with van der Waals surface area (Å²) in [6.45, 7) is 2.59. The smallest absolute Gasteiger partial charge is 0.308 e. The van der Waals surface area contributed by atoms with Crippen LogP contribution in [0.15, 0.2) is 30.3 Å². The van der Waals surface area contributed by atoms with Crippen LogP contribution in [0.2, 0.25) is 5.02 Å². The third kappa shape index (κ3) is 4.22. The van der Waals surface area contributed by atoms with Crippen molar-refractivity contribution in [3.63, 3.8) is 0 Å². The van der Waals surface area contributed by atoms with E-state index in [0.29, 0.717) is 18.0 Å². The Morgan fingerprint density at radius 3 is 2.62 bits per heavy atom. The number of likely N-dealkylation sites (tertiary alicyclic amines) is 1. The van der Waals surface area contributed by atoms with Crippen molar-refractivity contribution in [3.8, 4) is 0 Å². The molecule has 0 saturated carbocycles. The van der Waals surface area contributed by atoms with Gasteiger partial charge in [-0.15, -0.1) is 12.4 Å². The number of aliphatic carboxylic acids is 1. The molecule has 1 aliphatic rings. The monoisotopic (exact) mass is 329 g/mol. The zero-order valence-electron chi connectivity index (χ0n) is 11.6. The van der Waals surface area contributed by atoms with Gasteiger partial charge >= 0.3 is 5.97 Å². The lowest BCUT2D eigenvalue weighted by molar-refractivity contribution is -0.141. The van der Waals surface area contributed by atoms with Gasteiger partial charge in [-0.1, -0.05) is 29.8 Å².